The highest BCUT2D eigenvalue weighted by Gasteiger charge is 2.34. The van der Waals surface area contributed by atoms with Crippen molar-refractivity contribution in [3.05, 3.63) is 132 Å². The summed E-state index contributed by atoms with van der Waals surface area (Å²) in [7, 11) is 0. The van der Waals surface area contributed by atoms with E-state index in [1.165, 1.54) is 23.0 Å². The number of esters is 1. The van der Waals surface area contributed by atoms with Crippen LogP contribution >= 0.6 is 11.3 Å². The van der Waals surface area contributed by atoms with Crippen LogP contribution in [0.25, 0.3) is 6.08 Å². The molecule has 0 radical (unpaired) electrons. The fourth-order valence-electron chi connectivity index (χ4n) is 5.09. The van der Waals surface area contributed by atoms with Gasteiger partial charge in [-0.05, 0) is 60.2 Å². The number of rotatable bonds is 10. The van der Waals surface area contributed by atoms with Crippen molar-refractivity contribution in [2.24, 2.45) is 4.99 Å². The number of allylic oxidation sites excluding steroid dienone is 1. The number of nitrogens with zero attached hydrogens (tertiary/aromatic N) is 2. The number of hydrogen-bond acceptors (Lipinski definition) is 6. The molecule has 0 N–H and O–H groups in total. The molecule has 222 valence electrons. The van der Waals surface area contributed by atoms with E-state index in [2.05, 4.69) is 13.8 Å². The summed E-state index contributed by atoms with van der Waals surface area (Å²) < 4.78 is 27.3. The van der Waals surface area contributed by atoms with Crippen molar-refractivity contribution in [1.82, 2.24) is 4.57 Å². The Hall–Kier alpha value is -4.30. The fourth-order valence-corrected chi connectivity index (χ4v) is 6.11. The Bertz CT molecular complexity index is 1820. The van der Waals surface area contributed by atoms with E-state index in [-0.39, 0.29) is 24.6 Å². The maximum absolute atomic E-state index is 14.0. The quantitative estimate of drug-likeness (QED) is 0.198. The summed E-state index contributed by atoms with van der Waals surface area (Å²) in [6.45, 7) is 8.41. The SMILES string of the molecule is CCCC1=C(C(=O)OCC)[C@@H](c2ccc(C(C)C)cc2)n2c(s/c(=C\c3ccc(OCc4ccccc4F)cc3)c2=O)=N1. The molecule has 0 aliphatic carbocycles. The Morgan fingerprint density at radius 3 is 2.42 bits per heavy atom. The van der Waals surface area contributed by atoms with Crippen LogP contribution in [0.15, 0.2) is 93.9 Å². The first-order valence-electron chi connectivity index (χ1n) is 14.6. The van der Waals surface area contributed by atoms with Gasteiger partial charge in [0.2, 0.25) is 0 Å². The van der Waals surface area contributed by atoms with E-state index in [4.69, 9.17) is 14.5 Å². The predicted molar refractivity (Wildman–Crippen MR) is 167 cm³/mol. The number of thiazole rings is 1. The van der Waals surface area contributed by atoms with Crippen molar-refractivity contribution in [3.63, 3.8) is 0 Å². The molecule has 1 aromatic heterocycles. The van der Waals surface area contributed by atoms with Gasteiger partial charge in [0.15, 0.2) is 4.80 Å². The van der Waals surface area contributed by atoms with Gasteiger partial charge in [0.05, 0.1) is 28.5 Å². The van der Waals surface area contributed by atoms with Crippen LogP contribution < -0.4 is 19.6 Å². The van der Waals surface area contributed by atoms with Crippen molar-refractivity contribution < 1.29 is 18.7 Å². The lowest BCUT2D eigenvalue weighted by molar-refractivity contribution is -0.139. The number of aromatic nitrogens is 1. The minimum absolute atomic E-state index is 0.117. The van der Waals surface area contributed by atoms with Crippen LogP contribution in [-0.2, 0) is 16.1 Å². The largest absolute Gasteiger partial charge is 0.489 e. The average Bonchev–Trinajstić information content (AvgIpc) is 3.31. The smallest absolute Gasteiger partial charge is 0.338 e. The molecule has 0 unspecified atom stereocenters. The van der Waals surface area contributed by atoms with Gasteiger partial charge in [-0.25, -0.2) is 14.2 Å². The molecule has 1 aliphatic heterocycles. The molecule has 2 heterocycles. The van der Waals surface area contributed by atoms with Gasteiger partial charge in [0.1, 0.15) is 18.2 Å². The van der Waals surface area contributed by atoms with Gasteiger partial charge in [0.25, 0.3) is 5.56 Å². The van der Waals surface area contributed by atoms with Crippen molar-refractivity contribution in [2.45, 2.75) is 59.1 Å². The van der Waals surface area contributed by atoms with E-state index in [1.54, 1.807) is 41.8 Å². The van der Waals surface area contributed by atoms with Crippen LogP contribution in [0.5, 0.6) is 5.75 Å². The number of ether oxygens (including phenoxy) is 2. The normalized spacial score (nSPS) is 14.9. The van der Waals surface area contributed by atoms with E-state index in [0.29, 0.717) is 44.3 Å². The first-order chi connectivity index (χ1) is 20.8. The average molecular weight is 599 g/mol. The monoisotopic (exact) mass is 598 g/mol. The highest BCUT2D eigenvalue weighted by molar-refractivity contribution is 7.07. The van der Waals surface area contributed by atoms with Crippen LogP contribution in [0.1, 0.15) is 74.8 Å². The number of carbonyl (C=O) groups is 1. The van der Waals surface area contributed by atoms with Crippen LogP contribution in [0, 0.1) is 5.82 Å². The molecule has 0 saturated carbocycles. The number of halogens is 1. The van der Waals surface area contributed by atoms with Gasteiger partial charge in [-0.1, -0.05) is 93.1 Å². The maximum Gasteiger partial charge on any atom is 0.338 e. The third-order valence-corrected chi connectivity index (χ3v) is 8.32. The van der Waals surface area contributed by atoms with Crippen molar-refractivity contribution in [2.75, 3.05) is 6.61 Å². The molecular weight excluding hydrogens is 563 g/mol. The third-order valence-electron chi connectivity index (χ3n) is 7.34. The lowest BCUT2D eigenvalue weighted by Gasteiger charge is -2.26. The highest BCUT2D eigenvalue weighted by Crippen LogP contribution is 2.33. The van der Waals surface area contributed by atoms with E-state index >= 15 is 0 Å². The number of carbonyl (C=O) groups excluding carboxylic acids is 1. The second-order valence-electron chi connectivity index (χ2n) is 10.7. The van der Waals surface area contributed by atoms with E-state index in [1.807, 2.05) is 49.4 Å². The van der Waals surface area contributed by atoms with Crippen LogP contribution in [0.4, 0.5) is 4.39 Å². The summed E-state index contributed by atoms with van der Waals surface area (Å²) in [6, 6.07) is 21.2. The number of hydrogen-bond donors (Lipinski definition) is 0. The lowest BCUT2D eigenvalue weighted by atomic mass is 9.92. The van der Waals surface area contributed by atoms with E-state index < -0.39 is 12.0 Å². The van der Waals surface area contributed by atoms with Gasteiger partial charge in [-0.3, -0.25) is 9.36 Å². The van der Waals surface area contributed by atoms with Crippen molar-refractivity contribution in [1.29, 1.82) is 0 Å². The van der Waals surface area contributed by atoms with Gasteiger partial charge in [-0.15, -0.1) is 0 Å². The summed E-state index contributed by atoms with van der Waals surface area (Å²) in [5, 5.41) is 0. The molecule has 0 spiro atoms. The molecule has 0 saturated heterocycles. The highest BCUT2D eigenvalue weighted by atomic mass is 32.1. The third kappa shape index (κ3) is 6.54. The zero-order chi connectivity index (χ0) is 30.5. The molecule has 8 heteroatoms. The summed E-state index contributed by atoms with van der Waals surface area (Å²) in [4.78, 5) is 32.7. The summed E-state index contributed by atoms with van der Waals surface area (Å²) >= 11 is 1.30. The van der Waals surface area contributed by atoms with Gasteiger partial charge >= 0.3 is 5.97 Å². The topological polar surface area (TPSA) is 69.9 Å². The second kappa shape index (κ2) is 13.3. The standard InChI is InChI=1S/C35H35FN2O4S/c1-5-9-29-31(34(40)41-6-2)32(25-16-14-24(15-17-25)22(3)4)38-33(39)30(43-35(38)37-29)20-23-12-18-27(19-13-23)42-21-26-10-7-8-11-28(26)36/h7-8,10-20,22,32H,5-6,9,21H2,1-4H3/b30-20-/t32-/m1/s1. The van der Waals surface area contributed by atoms with E-state index in [0.717, 1.165) is 17.5 Å². The summed E-state index contributed by atoms with van der Waals surface area (Å²) in [5.74, 6) is 0.183. The molecule has 3 aromatic carbocycles. The molecule has 1 atom stereocenters. The van der Waals surface area contributed by atoms with Crippen LogP contribution in [0.3, 0.4) is 0 Å². The van der Waals surface area contributed by atoms with Gasteiger partial charge in [0, 0.05) is 5.56 Å². The second-order valence-corrected chi connectivity index (χ2v) is 11.7. The molecule has 43 heavy (non-hydrogen) atoms. The Labute approximate surface area is 254 Å². The van der Waals surface area contributed by atoms with Crippen molar-refractivity contribution >= 4 is 23.4 Å². The Balaban J connectivity index is 1.54. The zero-order valence-corrected chi connectivity index (χ0v) is 25.6. The summed E-state index contributed by atoms with van der Waals surface area (Å²) in [5.41, 5.74) is 4.14. The molecular formula is C35H35FN2O4S. The predicted octanol–water partition coefficient (Wildman–Crippen LogP) is 6.42. The first-order valence-corrected chi connectivity index (χ1v) is 15.4. The van der Waals surface area contributed by atoms with Gasteiger partial charge < -0.3 is 9.47 Å². The Morgan fingerprint density at radius 1 is 1.05 bits per heavy atom. The number of fused-ring (bicyclic) bond motifs is 1. The minimum Gasteiger partial charge on any atom is -0.489 e. The Kier molecular flexibility index (Phi) is 9.36. The first kappa shape index (κ1) is 30.2. The Morgan fingerprint density at radius 2 is 1.77 bits per heavy atom. The molecule has 0 amide bonds. The minimum atomic E-state index is -0.644. The molecule has 4 aromatic rings. The fraction of sp³-hybridized carbons (Fsp3) is 0.286. The maximum atomic E-state index is 14.0. The van der Waals surface area contributed by atoms with Crippen LogP contribution in [-0.4, -0.2) is 17.1 Å². The molecule has 0 fully saturated rings. The van der Waals surface area contributed by atoms with E-state index in [9.17, 15) is 14.0 Å². The molecule has 5 rings (SSSR count). The van der Waals surface area contributed by atoms with Crippen molar-refractivity contribution in [3.8, 4) is 5.75 Å². The van der Waals surface area contributed by atoms with Gasteiger partial charge in [-0.2, -0.15) is 0 Å². The molecule has 6 nitrogen and oxygen atoms in total. The lowest BCUT2D eigenvalue weighted by Crippen LogP contribution is -2.40. The zero-order valence-electron chi connectivity index (χ0n) is 24.8. The summed E-state index contributed by atoms with van der Waals surface area (Å²) in [6.07, 6.45) is 3.20. The molecule has 1 aliphatic rings. The number of benzene rings is 3. The molecule has 0 bridgehead atoms. The van der Waals surface area contributed by atoms with Crippen LogP contribution in [0.2, 0.25) is 0 Å².